The van der Waals surface area contributed by atoms with Gasteiger partial charge in [0, 0.05) is 11.0 Å². The Morgan fingerprint density at radius 2 is 1.62 bits per heavy atom. The summed E-state index contributed by atoms with van der Waals surface area (Å²) < 4.78 is 22.9. The van der Waals surface area contributed by atoms with Crippen molar-refractivity contribution in [1.82, 2.24) is 0 Å². The molecule has 6 nitrogen and oxygen atoms in total. The average Bonchev–Trinajstić information content (AvgIpc) is 2.94. The van der Waals surface area contributed by atoms with Gasteiger partial charge in [-0.05, 0) is 39.0 Å². The lowest BCUT2D eigenvalue weighted by molar-refractivity contribution is -0.481. The molecule has 4 rings (SSSR count). The first kappa shape index (κ1) is 13.7. The van der Waals surface area contributed by atoms with Gasteiger partial charge in [0.1, 0.15) is 0 Å². The Bertz CT molecular complexity index is 486. The number of carbonyl (C=O) groups is 1. The number of carboxylic acids is 1. The fourth-order valence-corrected chi connectivity index (χ4v) is 4.40. The van der Waals surface area contributed by atoms with Crippen LogP contribution in [0.15, 0.2) is 12.2 Å². The van der Waals surface area contributed by atoms with Gasteiger partial charge in [0.05, 0.1) is 5.41 Å². The first-order chi connectivity index (χ1) is 9.87. The summed E-state index contributed by atoms with van der Waals surface area (Å²) in [4.78, 5) is 11.3. The van der Waals surface area contributed by atoms with Crippen molar-refractivity contribution >= 4 is 5.97 Å². The third kappa shape index (κ3) is 1.70. The summed E-state index contributed by atoms with van der Waals surface area (Å²) in [5.41, 5.74) is -0.447. The number of aliphatic carboxylic acids is 1. The SMILES string of the molecule is C=C(C(=O)O)C12CC1CC(C1OC(C)O1)(C1OC(C)O1)C2. The van der Waals surface area contributed by atoms with Crippen molar-refractivity contribution < 1.29 is 28.8 Å². The van der Waals surface area contributed by atoms with Gasteiger partial charge in [-0.3, -0.25) is 0 Å². The molecule has 2 saturated heterocycles. The van der Waals surface area contributed by atoms with E-state index in [-0.39, 0.29) is 30.6 Å². The van der Waals surface area contributed by atoms with Crippen LogP contribution in [0.25, 0.3) is 0 Å². The number of fused-ring (bicyclic) bond motifs is 1. The van der Waals surface area contributed by atoms with Crippen molar-refractivity contribution in [2.75, 3.05) is 0 Å². The van der Waals surface area contributed by atoms with Gasteiger partial charge in [0.2, 0.25) is 0 Å². The van der Waals surface area contributed by atoms with Crippen LogP contribution in [0.4, 0.5) is 0 Å². The standard InChI is InChI=1S/C15H20O6/c1-7(11(16)17)14-4-10(14)5-15(6-14,12-18-8(2)19-12)13-20-9(3)21-13/h8-10,12-13H,1,4-6H2,2-3H3,(H,16,17). The predicted octanol–water partition coefficient (Wildman–Crippen LogP) is 1.85. The van der Waals surface area contributed by atoms with Crippen molar-refractivity contribution in [3.05, 3.63) is 12.2 Å². The smallest absolute Gasteiger partial charge is 0.331 e. The molecule has 2 saturated carbocycles. The molecule has 2 aliphatic carbocycles. The Hall–Kier alpha value is -0.950. The number of hydrogen-bond acceptors (Lipinski definition) is 5. The minimum Gasteiger partial charge on any atom is -0.478 e. The maximum Gasteiger partial charge on any atom is 0.331 e. The van der Waals surface area contributed by atoms with Gasteiger partial charge < -0.3 is 24.1 Å². The molecule has 4 fully saturated rings. The van der Waals surface area contributed by atoms with E-state index in [1.165, 1.54) is 0 Å². The zero-order chi connectivity index (χ0) is 15.0. The second-order valence-corrected chi connectivity index (χ2v) is 6.80. The molecule has 2 unspecified atom stereocenters. The maximum atomic E-state index is 11.3. The van der Waals surface area contributed by atoms with Gasteiger partial charge in [-0.2, -0.15) is 0 Å². The average molecular weight is 296 g/mol. The van der Waals surface area contributed by atoms with Crippen LogP contribution >= 0.6 is 0 Å². The van der Waals surface area contributed by atoms with Crippen LogP contribution in [0.5, 0.6) is 0 Å². The molecule has 0 aromatic heterocycles. The van der Waals surface area contributed by atoms with Crippen molar-refractivity contribution in [2.45, 2.75) is 58.3 Å². The largest absolute Gasteiger partial charge is 0.478 e. The molecule has 6 heteroatoms. The topological polar surface area (TPSA) is 74.2 Å². The minimum atomic E-state index is -0.916. The summed E-state index contributed by atoms with van der Waals surface area (Å²) in [6.45, 7) is 7.48. The molecule has 0 bridgehead atoms. The third-order valence-electron chi connectivity index (χ3n) is 5.56. The molecule has 2 heterocycles. The van der Waals surface area contributed by atoms with E-state index in [4.69, 9.17) is 18.9 Å². The summed E-state index contributed by atoms with van der Waals surface area (Å²) in [7, 11) is 0. The highest BCUT2D eigenvalue weighted by molar-refractivity contribution is 5.88. The summed E-state index contributed by atoms with van der Waals surface area (Å²) in [5.74, 6) is -0.603. The quantitative estimate of drug-likeness (QED) is 0.798. The number of rotatable bonds is 4. The molecule has 2 atom stereocenters. The Labute approximate surface area is 123 Å². The molecule has 116 valence electrons. The monoisotopic (exact) mass is 296 g/mol. The summed E-state index contributed by atoms with van der Waals surface area (Å²) in [6, 6.07) is 0. The minimum absolute atomic E-state index is 0.222. The molecule has 0 aromatic rings. The summed E-state index contributed by atoms with van der Waals surface area (Å²) in [5, 5.41) is 9.28. The fourth-order valence-electron chi connectivity index (χ4n) is 4.40. The molecule has 2 aliphatic heterocycles. The van der Waals surface area contributed by atoms with Gasteiger partial charge in [0.25, 0.3) is 0 Å². The highest BCUT2D eigenvalue weighted by Gasteiger charge is 2.74. The highest BCUT2D eigenvalue weighted by atomic mass is 16.9. The Morgan fingerprint density at radius 3 is 2.05 bits per heavy atom. The third-order valence-corrected chi connectivity index (χ3v) is 5.56. The number of ether oxygens (including phenoxy) is 4. The lowest BCUT2D eigenvalue weighted by atomic mass is 9.76. The maximum absolute atomic E-state index is 11.3. The summed E-state index contributed by atoms with van der Waals surface area (Å²) >= 11 is 0. The predicted molar refractivity (Wildman–Crippen MR) is 69.8 cm³/mol. The molecule has 0 radical (unpaired) electrons. The fraction of sp³-hybridized carbons (Fsp3) is 0.800. The van der Waals surface area contributed by atoms with Gasteiger partial charge in [0.15, 0.2) is 25.2 Å². The van der Waals surface area contributed by atoms with E-state index in [9.17, 15) is 9.90 Å². The first-order valence-electron chi connectivity index (χ1n) is 7.42. The lowest BCUT2D eigenvalue weighted by Gasteiger charge is -2.53. The molecule has 4 aliphatic rings. The van der Waals surface area contributed by atoms with Crippen LogP contribution in [-0.4, -0.2) is 36.2 Å². The van der Waals surface area contributed by atoms with Crippen LogP contribution in [0, 0.1) is 16.7 Å². The van der Waals surface area contributed by atoms with E-state index < -0.39 is 11.4 Å². The van der Waals surface area contributed by atoms with Crippen molar-refractivity contribution in [2.24, 2.45) is 16.7 Å². The van der Waals surface area contributed by atoms with Crippen LogP contribution in [0.1, 0.15) is 33.1 Å². The Balaban J connectivity index is 1.59. The molecule has 21 heavy (non-hydrogen) atoms. The van der Waals surface area contributed by atoms with Crippen molar-refractivity contribution in [1.29, 1.82) is 0 Å². The first-order valence-corrected chi connectivity index (χ1v) is 7.42. The molecule has 0 aromatic carbocycles. The van der Waals surface area contributed by atoms with Gasteiger partial charge >= 0.3 is 5.97 Å². The second-order valence-electron chi connectivity index (χ2n) is 6.80. The van der Waals surface area contributed by atoms with Gasteiger partial charge in [-0.25, -0.2) is 4.79 Å². The van der Waals surface area contributed by atoms with Crippen molar-refractivity contribution in [3.63, 3.8) is 0 Å². The number of carboxylic acid groups (broad SMARTS) is 1. The normalized spacial score (nSPS) is 54.3. The Kier molecular flexibility index (Phi) is 2.65. The van der Waals surface area contributed by atoms with Gasteiger partial charge in [-0.15, -0.1) is 0 Å². The van der Waals surface area contributed by atoms with E-state index in [1.807, 2.05) is 13.8 Å². The van der Waals surface area contributed by atoms with Crippen LogP contribution in [0.3, 0.4) is 0 Å². The zero-order valence-corrected chi connectivity index (χ0v) is 12.2. The van der Waals surface area contributed by atoms with Crippen LogP contribution in [0.2, 0.25) is 0 Å². The van der Waals surface area contributed by atoms with Crippen LogP contribution in [-0.2, 0) is 23.7 Å². The molecular formula is C15H20O6. The van der Waals surface area contributed by atoms with E-state index >= 15 is 0 Å². The van der Waals surface area contributed by atoms with E-state index in [2.05, 4.69) is 6.58 Å². The zero-order valence-electron chi connectivity index (χ0n) is 12.2. The van der Waals surface area contributed by atoms with Crippen LogP contribution < -0.4 is 0 Å². The van der Waals surface area contributed by atoms with E-state index in [0.29, 0.717) is 17.9 Å². The lowest BCUT2D eigenvalue weighted by Crippen LogP contribution is -2.61. The van der Waals surface area contributed by atoms with E-state index in [1.54, 1.807) is 0 Å². The van der Waals surface area contributed by atoms with Crippen molar-refractivity contribution in [3.8, 4) is 0 Å². The number of hydrogen-bond donors (Lipinski definition) is 1. The van der Waals surface area contributed by atoms with Gasteiger partial charge in [-0.1, -0.05) is 6.58 Å². The summed E-state index contributed by atoms with van der Waals surface area (Å²) in [6.07, 6.45) is 1.12. The molecule has 0 spiro atoms. The molecule has 0 amide bonds. The Morgan fingerprint density at radius 1 is 1.10 bits per heavy atom. The second kappa shape index (κ2) is 4.07. The highest BCUT2D eigenvalue weighted by Crippen LogP contribution is 2.75. The molecule has 1 N–H and O–H groups in total. The molecular weight excluding hydrogens is 276 g/mol. The van der Waals surface area contributed by atoms with E-state index in [0.717, 1.165) is 12.8 Å².